The maximum Gasteiger partial charge on any atom is 0.163 e. The Balaban J connectivity index is 1.22. The van der Waals surface area contributed by atoms with E-state index in [0.29, 0.717) is 17.4 Å². The lowest BCUT2D eigenvalue weighted by Gasteiger charge is -2.72. The summed E-state index contributed by atoms with van der Waals surface area (Å²) in [5, 5.41) is 5.75. The fraction of sp³-hybridized carbons (Fsp3) is 0.630. The quantitative estimate of drug-likeness (QED) is 0.515. The van der Waals surface area contributed by atoms with Crippen LogP contribution in [0.3, 0.4) is 0 Å². The van der Waals surface area contributed by atoms with Gasteiger partial charge in [-0.1, -0.05) is 13.8 Å². The fourth-order valence-corrected chi connectivity index (χ4v) is 6.76. The lowest BCUT2D eigenvalue weighted by atomic mass is 9.31. The van der Waals surface area contributed by atoms with E-state index in [-0.39, 0.29) is 11.5 Å². The van der Waals surface area contributed by atoms with Crippen molar-refractivity contribution in [2.24, 2.45) is 11.3 Å². The highest BCUT2D eigenvalue weighted by atomic mass is 16.5. The number of fused-ring (bicyclic) bond motifs is 1. The Morgan fingerprint density at radius 2 is 1.88 bits per heavy atom. The first kappa shape index (κ1) is 20.1. The molecule has 6 nitrogen and oxygen atoms in total. The minimum Gasteiger partial charge on any atom is -0.373 e. The molecular formula is C27H33N5O. The minimum absolute atomic E-state index is 0.0728. The monoisotopic (exact) mass is 443 g/mol. The van der Waals surface area contributed by atoms with Crippen LogP contribution < -0.4 is 0 Å². The zero-order valence-electron chi connectivity index (χ0n) is 19.9. The maximum atomic E-state index is 6.19. The second-order valence-electron chi connectivity index (χ2n) is 11.6. The van der Waals surface area contributed by atoms with Crippen LogP contribution in [0.5, 0.6) is 0 Å². The topological polar surface area (TPSA) is 65.7 Å². The van der Waals surface area contributed by atoms with Crippen LogP contribution >= 0.6 is 0 Å². The Morgan fingerprint density at radius 3 is 2.64 bits per heavy atom. The molecule has 33 heavy (non-hydrogen) atoms. The van der Waals surface area contributed by atoms with Gasteiger partial charge in [-0.15, -0.1) is 0 Å². The summed E-state index contributed by atoms with van der Waals surface area (Å²) in [7, 11) is 0. The van der Waals surface area contributed by atoms with Gasteiger partial charge in [0.05, 0.1) is 24.0 Å². The lowest BCUT2D eigenvalue weighted by molar-refractivity contribution is -0.173. The zero-order chi connectivity index (χ0) is 22.4. The average molecular weight is 444 g/mol. The molecule has 0 aromatic carbocycles. The van der Waals surface area contributed by atoms with E-state index < -0.39 is 0 Å². The number of rotatable bonds is 5. The van der Waals surface area contributed by atoms with Gasteiger partial charge in [0, 0.05) is 40.8 Å². The van der Waals surface area contributed by atoms with Crippen LogP contribution in [0.25, 0.3) is 11.0 Å². The largest absolute Gasteiger partial charge is 0.373 e. The van der Waals surface area contributed by atoms with Crippen molar-refractivity contribution in [1.82, 2.24) is 24.7 Å². The molecule has 0 unspecified atom stereocenters. The van der Waals surface area contributed by atoms with Crippen molar-refractivity contribution in [2.75, 3.05) is 6.61 Å². The van der Waals surface area contributed by atoms with Crippen LogP contribution in [0.15, 0.2) is 24.5 Å². The van der Waals surface area contributed by atoms with Gasteiger partial charge in [0.1, 0.15) is 5.82 Å². The molecule has 4 saturated carbocycles. The van der Waals surface area contributed by atoms with Crippen LogP contribution in [0.4, 0.5) is 0 Å². The first-order valence-electron chi connectivity index (χ1n) is 12.8. The normalized spacial score (nSPS) is 33.2. The van der Waals surface area contributed by atoms with Gasteiger partial charge in [0.15, 0.2) is 5.65 Å². The Labute approximate surface area is 195 Å². The van der Waals surface area contributed by atoms with Gasteiger partial charge in [-0.25, -0.2) is 15.0 Å². The number of pyridine rings is 1. The van der Waals surface area contributed by atoms with Crippen molar-refractivity contribution in [2.45, 2.75) is 89.2 Å². The van der Waals surface area contributed by atoms with Crippen LogP contribution in [-0.4, -0.2) is 31.3 Å². The maximum absolute atomic E-state index is 6.19. The fourth-order valence-electron chi connectivity index (χ4n) is 6.76. The summed E-state index contributed by atoms with van der Waals surface area (Å²) in [6.45, 7) is 7.55. The summed E-state index contributed by atoms with van der Waals surface area (Å²) < 4.78 is 8.31. The highest BCUT2D eigenvalue weighted by Gasteiger charge is 2.70. The van der Waals surface area contributed by atoms with E-state index in [1.165, 1.54) is 43.4 Å². The Bertz CT molecular complexity index is 1220. The number of aromatic nitrogens is 5. The van der Waals surface area contributed by atoms with Gasteiger partial charge in [0.25, 0.3) is 0 Å². The summed E-state index contributed by atoms with van der Waals surface area (Å²) >= 11 is 0. The van der Waals surface area contributed by atoms with E-state index in [1.807, 2.05) is 6.20 Å². The van der Waals surface area contributed by atoms with E-state index in [0.717, 1.165) is 47.9 Å². The molecule has 2 bridgehead atoms. The third-order valence-electron chi connectivity index (χ3n) is 9.08. The molecule has 0 amide bonds. The summed E-state index contributed by atoms with van der Waals surface area (Å²) in [5.74, 6) is 2.02. The van der Waals surface area contributed by atoms with Gasteiger partial charge >= 0.3 is 0 Å². The molecule has 0 N–H and O–H groups in total. The SMILES string of the molecule is Cc1ccc2c(C34CC(C(C)C)(C3)C4)nc([C@H]3CCO[C@@H](c4cnn(C5CC5)c4)C3)nc2n1. The third-order valence-corrected chi connectivity index (χ3v) is 9.08. The van der Waals surface area contributed by atoms with Gasteiger partial charge < -0.3 is 4.74 Å². The first-order valence-corrected chi connectivity index (χ1v) is 12.8. The van der Waals surface area contributed by atoms with Crippen LogP contribution in [-0.2, 0) is 10.2 Å². The Morgan fingerprint density at radius 1 is 1.06 bits per heavy atom. The molecule has 4 aliphatic carbocycles. The molecule has 5 aliphatic rings. The molecule has 3 aromatic rings. The number of hydrogen-bond donors (Lipinski definition) is 0. The summed E-state index contributed by atoms with van der Waals surface area (Å²) in [5.41, 5.74) is 5.14. The number of nitrogens with zero attached hydrogens (tertiary/aromatic N) is 5. The second-order valence-corrected chi connectivity index (χ2v) is 11.6. The predicted molar refractivity (Wildman–Crippen MR) is 126 cm³/mol. The molecule has 8 rings (SSSR count). The summed E-state index contributed by atoms with van der Waals surface area (Å²) in [6.07, 6.45) is 12.4. The van der Waals surface area contributed by atoms with Gasteiger partial charge in [0.2, 0.25) is 0 Å². The van der Waals surface area contributed by atoms with E-state index in [2.05, 4.69) is 48.9 Å². The molecule has 1 saturated heterocycles. The number of hydrogen-bond acceptors (Lipinski definition) is 5. The molecular weight excluding hydrogens is 410 g/mol. The Kier molecular flexibility index (Phi) is 4.16. The summed E-state index contributed by atoms with van der Waals surface area (Å²) in [6, 6.07) is 4.92. The minimum atomic E-state index is 0.0728. The molecule has 4 heterocycles. The van der Waals surface area contributed by atoms with Crippen molar-refractivity contribution in [3.63, 3.8) is 0 Å². The van der Waals surface area contributed by atoms with Crippen molar-refractivity contribution in [1.29, 1.82) is 0 Å². The van der Waals surface area contributed by atoms with Gasteiger partial charge in [-0.2, -0.15) is 5.10 Å². The van der Waals surface area contributed by atoms with Crippen molar-refractivity contribution >= 4 is 11.0 Å². The van der Waals surface area contributed by atoms with Crippen molar-refractivity contribution in [3.05, 3.63) is 47.3 Å². The first-order chi connectivity index (χ1) is 15.9. The highest BCUT2D eigenvalue weighted by molar-refractivity contribution is 5.79. The molecule has 5 fully saturated rings. The van der Waals surface area contributed by atoms with Gasteiger partial charge in [-0.05, 0) is 75.3 Å². The van der Waals surface area contributed by atoms with E-state index >= 15 is 0 Å². The molecule has 3 aromatic heterocycles. The number of ether oxygens (including phenoxy) is 1. The third kappa shape index (κ3) is 3.02. The van der Waals surface area contributed by atoms with Crippen molar-refractivity contribution < 1.29 is 4.74 Å². The molecule has 0 spiro atoms. The van der Waals surface area contributed by atoms with Crippen molar-refractivity contribution in [3.8, 4) is 0 Å². The smallest absolute Gasteiger partial charge is 0.163 e. The molecule has 1 aliphatic heterocycles. The molecule has 172 valence electrons. The molecule has 2 atom stereocenters. The van der Waals surface area contributed by atoms with Crippen LogP contribution in [0.2, 0.25) is 0 Å². The lowest BCUT2D eigenvalue weighted by Crippen LogP contribution is -2.67. The molecule has 6 heteroatoms. The van der Waals surface area contributed by atoms with E-state index in [4.69, 9.17) is 19.7 Å². The average Bonchev–Trinajstić information content (AvgIpc) is 3.47. The van der Waals surface area contributed by atoms with Crippen LogP contribution in [0, 0.1) is 18.3 Å². The number of aryl methyl sites for hydroxylation is 1. The second kappa shape index (κ2) is 6.84. The standard InChI is InChI=1S/C27H33N5O/c1-16(2)26-13-27(14-26,15-26)23-21-7-4-17(3)29-25(21)31-24(30-23)18-8-9-33-22(10-18)19-11-28-32(12-19)20-5-6-20/h4,7,11-12,16,18,20,22H,5-6,8-10,13-15H2,1-3H3/t18-,22+,26?,27?/m0/s1. The predicted octanol–water partition coefficient (Wildman–Crippen LogP) is 5.58. The Hall–Kier alpha value is -2.34. The highest BCUT2D eigenvalue weighted by Crippen LogP contribution is 2.76. The van der Waals surface area contributed by atoms with Gasteiger partial charge in [-0.3, -0.25) is 4.68 Å². The van der Waals surface area contributed by atoms with Crippen LogP contribution in [0.1, 0.15) is 99.6 Å². The van der Waals surface area contributed by atoms with E-state index in [1.54, 1.807) is 0 Å². The zero-order valence-corrected chi connectivity index (χ0v) is 19.9. The summed E-state index contributed by atoms with van der Waals surface area (Å²) in [4.78, 5) is 15.2. The molecule has 0 radical (unpaired) electrons. The van der Waals surface area contributed by atoms with E-state index in [9.17, 15) is 0 Å².